The van der Waals surface area contributed by atoms with Crippen LogP contribution in [0.2, 0.25) is 0 Å². The number of halogens is 1. The Morgan fingerprint density at radius 2 is 1.19 bits per heavy atom. The molecule has 3 unspecified atom stereocenters. The standard InChI is InChI=1S/C36H62N3O5S2.ClH/c1-2-3-4-5-6-7-8-9-10-11-12-13-14-15-16-20-27-43-33-35(44-36-37-22-21-23-38-36)34-46(41)32-31-45(40)30-29-42-28-26-39-24-18-17-19-25-39;/h17-19,21-25,35H,2-16,20,26-34H2,1H3;1H/q+1;/p-1. The van der Waals surface area contributed by atoms with Gasteiger partial charge in [0.2, 0.25) is 0 Å². The Morgan fingerprint density at radius 3 is 1.79 bits per heavy atom. The van der Waals surface area contributed by atoms with Crippen molar-refractivity contribution in [2.24, 2.45) is 0 Å². The Balaban J connectivity index is 0.0000110. The number of unbranched alkanes of at least 4 members (excludes halogenated alkanes) is 15. The normalized spacial score (nSPS) is 13.1. The van der Waals surface area contributed by atoms with E-state index < -0.39 is 27.7 Å². The summed E-state index contributed by atoms with van der Waals surface area (Å²) in [6, 6.07) is 7.92. The Labute approximate surface area is 296 Å². The van der Waals surface area contributed by atoms with Crippen LogP contribution < -0.4 is 21.7 Å². The van der Waals surface area contributed by atoms with Crippen LogP contribution in [-0.2, 0) is 37.6 Å². The van der Waals surface area contributed by atoms with Crippen LogP contribution in [0.1, 0.15) is 110 Å². The summed E-state index contributed by atoms with van der Waals surface area (Å²) in [6.07, 6.45) is 28.2. The summed E-state index contributed by atoms with van der Waals surface area (Å²) in [4.78, 5) is 8.29. The van der Waals surface area contributed by atoms with Gasteiger partial charge in [-0.3, -0.25) is 8.42 Å². The van der Waals surface area contributed by atoms with Crippen LogP contribution >= 0.6 is 0 Å². The maximum atomic E-state index is 12.8. The zero-order valence-electron chi connectivity index (χ0n) is 29.0. The fourth-order valence-corrected chi connectivity index (χ4v) is 7.91. The molecule has 0 aliphatic rings. The van der Waals surface area contributed by atoms with Crippen molar-refractivity contribution in [1.82, 2.24) is 9.97 Å². The van der Waals surface area contributed by atoms with Crippen LogP contribution in [0, 0.1) is 0 Å². The SMILES string of the molecule is CCCCCCCCCCCCCCCCCCOCC(CS(=O)CCS(=O)CCOCC[n+]1ccccc1)Oc1ncccn1.[Cl-]. The first-order valence-corrected chi connectivity index (χ1v) is 20.9. The lowest BCUT2D eigenvalue weighted by atomic mass is 10.0. The zero-order valence-corrected chi connectivity index (χ0v) is 31.3. The van der Waals surface area contributed by atoms with Gasteiger partial charge in [0.25, 0.3) is 0 Å². The van der Waals surface area contributed by atoms with E-state index in [1.54, 1.807) is 18.5 Å². The quantitative estimate of drug-likeness (QED) is 0.0836. The number of hydrogen-bond donors (Lipinski definition) is 0. The largest absolute Gasteiger partial charge is 1.00 e. The Bertz CT molecular complexity index is 1010. The van der Waals surface area contributed by atoms with Gasteiger partial charge in [0, 0.05) is 70.0 Å². The van der Waals surface area contributed by atoms with Gasteiger partial charge in [-0.1, -0.05) is 109 Å². The van der Waals surface area contributed by atoms with Crippen LogP contribution in [0.4, 0.5) is 0 Å². The smallest absolute Gasteiger partial charge is 0.316 e. The topological polar surface area (TPSA) is 91.5 Å². The van der Waals surface area contributed by atoms with E-state index >= 15 is 0 Å². The molecule has 2 rings (SSSR count). The maximum absolute atomic E-state index is 12.8. The van der Waals surface area contributed by atoms with E-state index in [1.165, 1.54) is 89.9 Å². The number of nitrogens with zero attached hydrogens (tertiary/aromatic N) is 3. The van der Waals surface area contributed by atoms with Crippen molar-refractivity contribution in [3.63, 3.8) is 0 Å². The molecule has 0 saturated carbocycles. The summed E-state index contributed by atoms with van der Waals surface area (Å²) in [5.74, 6) is 1.45. The van der Waals surface area contributed by atoms with Crippen LogP contribution in [0.25, 0.3) is 0 Å². The molecule has 0 bridgehead atoms. The molecule has 2 aromatic rings. The van der Waals surface area contributed by atoms with E-state index in [0.29, 0.717) is 49.4 Å². The van der Waals surface area contributed by atoms with E-state index in [0.717, 1.165) is 19.4 Å². The van der Waals surface area contributed by atoms with Gasteiger partial charge in [-0.15, -0.1) is 0 Å². The Hall–Kier alpha value is -1.46. The first-order chi connectivity index (χ1) is 22.7. The molecule has 0 aliphatic heterocycles. The van der Waals surface area contributed by atoms with E-state index in [1.807, 2.05) is 35.2 Å². The van der Waals surface area contributed by atoms with E-state index in [-0.39, 0.29) is 18.4 Å². The lowest BCUT2D eigenvalue weighted by Crippen LogP contribution is -3.00. The highest BCUT2D eigenvalue weighted by molar-refractivity contribution is 7.88. The molecule has 0 saturated heterocycles. The fraction of sp³-hybridized carbons (Fsp3) is 0.750. The van der Waals surface area contributed by atoms with Gasteiger partial charge in [0.05, 0.1) is 19.0 Å². The fourth-order valence-electron chi connectivity index (χ4n) is 5.16. The van der Waals surface area contributed by atoms with Crippen LogP contribution in [-0.4, -0.2) is 73.9 Å². The van der Waals surface area contributed by atoms with Crippen molar-refractivity contribution in [1.29, 1.82) is 0 Å². The molecular formula is C36H62ClN3O5S2. The molecule has 0 aliphatic carbocycles. The van der Waals surface area contributed by atoms with Crippen molar-refractivity contribution in [3.05, 3.63) is 49.1 Å². The molecule has 8 nitrogen and oxygen atoms in total. The lowest BCUT2D eigenvalue weighted by Gasteiger charge is -2.17. The highest BCUT2D eigenvalue weighted by atomic mass is 35.5. The van der Waals surface area contributed by atoms with Crippen molar-refractivity contribution in [2.45, 2.75) is 122 Å². The first-order valence-electron chi connectivity index (χ1n) is 17.9. The number of ether oxygens (including phenoxy) is 3. The molecular weight excluding hydrogens is 654 g/mol. The highest BCUT2D eigenvalue weighted by Gasteiger charge is 2.17. The first kappa shape index (κ1) is 43.6. The zero-order chi connectivity index (χ0) is 32.8. The Morgan fingerprint density at radius 1 is 0.638 bits per heavy atom. The molecule has 3 atom stereocenters. The summed E-state index contributed by atoms with van der Waals surface area (Å²) in [5, 5.41) is 0. The van der Waals surface area contributed by atoms with Gasteiger partial charge in [0.15, 0.2) is 18.9 Å². The van der Waals surface area contributed by atoms with Gasteiger partial charge in [-0.05, 0) is 12.5 Å². The molecule has 2 heterocycles. The highest BCUT2D eigenvalue weighted by Crippen LogP contribution is 2.14. The number of aromatic nitrogens is 3. The average Bonchev–Trinajstić information content (AvgIpc) is 3.07. The van der Waals surface area contributed by atoms with Crippen LogP contribution in [0.3, 0.4) is 0 Å². The minimum Gasteiger partial charge on any atom is -1.00 e. The molecule has 0 aromatic carbocycles. The second kappa shape index (κ2) is 31.8. The molecule has 0 N–H and O–H groups in total. The summed E-state index contributed by atoms with van der Waals surface area (Å²) >= 11 is 0. The monoisotopic (exact) mass is 715 g/mol. The maximum Gasteiger partial charge on any atom is 0.316 e. The minimum atomic E-state index is -1.20. The van der Waals surface area contributed by atoms with E-state index in [9.17, 15) is 8.42 Å². The van der Waals surface area contributed by atoms with Gasteiger partial charge in [0.1, 0.15) is 12.7 Å². The number of rotatable bonds is 32. The minimum absolute atomic E-state index is 0. The molecule has 0 radical (unpaired) electrons. The van der Waals surface area contributed by atoms with Crippen LogP contribution in [0.15, 0.2) is 49.1 Å². The molecule has 0 spiro atoms. The van der Waals surface area contributed by atoms with Crippen molar-refractivity contribution < 1.29 is 39.6 Å². The molecule has 0 fully saturated rings. The lowest BCUT2D eigenvalue weighted by molar-refractivity contribution is -0.698. The molecule has 0 amide bonds. The summed E-state index contributed by atoms with van der Waals surface area (Å²) in [6.45, 7) is 5.02. The molecule has 2 aromatic heterocycles. The van der Waals surface area contributed by atoms with Crippen molar-refractivity contribution in [2.75, 3.05) is 49.4 Å². The summed E-state index contributed by atoms with van der Waals surface area (Å²) < 4.78 is 44.8. The van der Waals surface area contributed by atoms with Gasteiger partial charge in [-0.2, -0.15) is 0 Å². The third kappa shape index (κ3) is 26.1. The van der Waals surface area contributed by atoms with E-state index in [4.69, 9.17) is 14.2 Å². The molecule has 47 heavy (non-hydrogen) atoms. The summed E-state index contributed by atoms with van der Waals surface area (Å²) in [5.41, 5.74) is 0. The third-order valence-corrected chi connectivity index (χ3v) is 10.8. The predicted molar refractivity (Wildman–Crippen MR) is 190 cm³/mol. The van der Waals surface area contributed by atoms with Gasteiger partial charge in [-0.25, -0.2) is 14.5 Å². The van der Waals surface area contributed by atoms with Crippen molar-refractivity contribution in [3.8, 4) is 6.01 Å². The third-order valence-electron chi connectivity index (χ3n) is 7.90. The molecule has 270 valence electrons. The van der Waals surface area contributed by atoms with Gasteiger partial charge < -0.3 is 26.6 Å². The second-order valence-corrected chi connectivity index (χ2v) is 15.4. The van der Waals surface area contributed by atoms with Gasteiger partial charge >= 0.3 is 6.01 Å². The van der Waals surface area contributed by atoms with Crippen molar-refractivity contribution >= 4 is 21.6 Å². The second-order valence-electron chi connectivity index (χ2n) is 12.0. The predicted octanol–water partition coefficient (Wildman–Crippen LogP) is 4.01. The Kier molecular flexibility index (Phi) is 29.5. The molecule has 11 heteroatoms. The average molecular weight is 716 g/mol. The van der Waals surface area contributed by atoms with E-state index in [2.05, 4.69) is 16.9 Å². The number of pyridine rings is 1. The van der Waals surface area contributed by atoms with Crippen LogP contribution in [0.5, 0.6) is 6.01 Å². The summed E-state index contributed by atoms with van der Waals surface area (Å²) in [7, 11) is -2.28. The number of hydrogen-bond acceptors (Lipinski definition) is 7.